The van der Waals surface area contributed by atoms with Gasteiger partial charge >= 0.3 is 0 Å². The van der Waals surface area contributed by atoms with Crippen molar-refractivity contribution in [3.63, 3.8) is 0 Å². The summed E-state index contributed by atoms with van der Waals surface area (Å²) >= 11 is 1.25. The summed E-state index contributed by atoms with van der Waals surface area (Å²) in [6, 6.07) is 22.9. The predicted molar refractivity (Wildman–Crippen MR) is 120 cm³/mol. The molecule has 0 spiro atoms. The Labute approximate surface area is 177 Å². The van der Waals surface area contributed by atoms with Crippen molar-refractivity contribution in [2.24, 2.45) is 0 Å². The molecule has 5 heteroatoms. The van der Waals surface area contributed by atoms with Crippen molar-refractivity contribution in [1.29, 1.82) is 0 Å². The summed E-state index contributed by atoms with van der Waals surface area (Å²) in [5, 5.41) is 0.0292. The number of carbonyl (C=O) groups is 1. The first-order chi connectivity index (χ1) is 13.9. The summed E-state index contributed by atoms with van der Waals surface area (Å²) < 4.78 is 0. The minimum atomic E-state index is 0.0292. The van der Waals surface area contributed by atoms with Gasteiger partial charge in [-0.05, 0) is 61.1 Å². The number of rotatable bonds is 6. The molecule has 0 radical (unpaired) electrons. The van der Waals surface area contributed by atoms with E-state index in [0.717, 1.165) is 22.7 Å². The van der Waals surface area contributed by atoms with E-state index in [1.807, 2.05) is 30.5 Å². The van der Waals surface area contributed by atoms with Gasteiger partial charge in [0.05, 0.1) is 11.7 Å². The van der Waals surface area contributed by atoms with E-state index in [9.17, 15) is 4.79 Å². The number of nitrogens with zero attached hydrogens (tertiary/aromatic N) is 3. The van der Waals surface area contributed by atoms with Crippen molar-refractivity contribution in [2.75, 3.05) is 21.1 Å². The Morgan fingerprint density at radius 3 is 2.41 bits per heavy atom. The second-order valence-electron chi connectivity index (χ2n) is 7.39. The van der Waals surface area contributed by atoms with Crippen LogP contribution in [0.5, 0.6) is 0 Å². The van der Waals surface area contributed by atoms with E-state index in [1.54, 1.807) is 19.0 Å². The van der Waals surface area contributed by atoms with E-state index in [0.29, 0.717) is 0 Å². The smallest absolute Gasteiger partial charge is 0.285 e. The fourth-order valence-corrected chi connectivity index (χ4v) is 3.96. The van der Waals surface area contributed by atoms with Gasteiger partial charge in [0.1, 0.15) is 0 Å². The van der Waals surface area contributed by atoms with Gasteiger partial charge in [-0.15, -0.1) is 0 Å². The molecule has 1 aromatic heterocycles. The number of hydrogen-bond donors (Lipinski definition) is 0. The number of aryl methyl sites for hydroxylation is 1. The molecule has 3 rings (SSSR count). The molecule has 0 saturated heterocycles. The van der Waals surface area contributed by atoms with Crippen LogP contribution in [0.4, 0.5) is 4.79 Å². The van der Waals surface area contributed by atoms with Crippen LogP contribution < -0.4 is 0 Å². The van der Waals surface area contributed by atoms with Crippen molar-refractivity contribution >= 4 is 17.0 Å². The quantitative estimate of drug-likeness (QED) is 0.516. The molecule has 1 heterocycles. The molecule has 0 unspecified atom stereocenters. The second-order valence-corrected chi connectivity index (χ2v) is 8.42. The van der Waals surface area contributed by atoms with Crippen LogP contribution in [-0.4, -0.2) is 41.2 Å². The highest BCUT2D eigenvalue weighted by molar-refractivity contribution is 8.13. The number of carbonyl (C=O) groups excluding carboxylic acids is 1. The van der Waals surface area contributed by atoms with E-state index < -0.39 is 0 Å². The highest BCUT2D eigenvalue weighted by Gasteiger charge is 2.21. The molecule has 150 valence electrons. The number of aromatic nitrogens is 1. The fourth-order valence-electron chi connectivity index (χ4n) is 3.22. The molecule has 0 N–H and O–H groups in total. The van der Waals surface area contributed by atoms with Gasteiger partial charge in [0, 0.05) is 31.7 Å². The van der Waals surface area contributed by atoms with Crippen LogP contribution in [-0.2, 0) is 6.54 Å². The Balaban J connectivity index is 1.84. The van der Waals surface area contributed by atoms with Gasteiger partial charge in [0.15, 0.2) is 0 Å². The van der Waals surface area contributed by atoms with Crippen LogP contribution in [0.2, 0.25) is 0 Å². The molecule has 0 bridgehead atoms. The minimum Gasteiger partial charge on any atom is -0.339 e. The molecule has 1 atom stereocenters. The van der Waals surface area contributed by atoms with Crippen LogP contribution in [0, 0.1) is 6.92 Å². The van der Waals surface area contributed by atoms with Crippen molar-refractivity contribution in [3.05, 3.63) is 95.3 Å². The maximum Gasteiger partial charge on any atom is 0.285 e. The lowest BCUT2D eigenvalue weighted by Crippen LogP contribution is -2.26. The van der Waals surface area contributed by atoms with E-state index in [2.05, 4.69) is 66.3 Å². The van der Waals surface area contributed by atoms with Crippen LogP contribution in [0.3, 0.4) is 0 Å². The molecule has 0 saturated carbocycles. The van der Waals surface area contributed by atoms with Crippen molar-refractivity contribution < 1.29 is 4.79 Å². The average Bonchev–Trinajstić information content (AvgIpc) is 2.70. The molecule has 3 aromatic rings. The third-order valence-corrected chi connectivity index (χ3v) is 5.73. The zero-order valence-corrected chi connectivity index (χ0v) is 18.2. The standard InChI is InChI=1S/C24H27N3OS/c1-18-11-13-20(14-12-18)23(22-10-5-6-15-25-22)27(4)17-19-8-7-9-21(16-19)29-24(28)26(2)3/h5-16,23H,17H2,1-4H3/t23-/m1/s1. The molecular weight excluding hydrogens is 378 g/mol. The van der Waals surface area contributed by atoms with Gasteiger partial charge < -0.3 is 4.90 Å². The van der Waals surface area contributed by atoms with Gasteiger partial charge in [0.2, 0.25) is 0 Å². The largest absolute Gasteiger partial charge is 0.339 e. The Hall–Kier alpha value is -2.63. The van der Waals surface area contributed by atoms with Crippen LogP contribution in [0.15, 0.2) is 77.8 Å². The average molecular weight is 406 g/mol. The van der Waals surface area contributed by atoms with E-state index >= 15 is 0 Å². The van der Waals surface area contributed by atoms with Gasteiger partial charge in [-0.2, -0.15) is 0 Å². The van der Waals surface area contributed by atoms with Gasteiger partial charge in [0.25, 0.3) is 5.24 Å². The number of amides is 1. The molecule has 0 aliphatic carbocycles. The molecular formula is C24H27N3OS. The molecule has 0 fully saturated rings. The van der Waals surface area contributed by atoms with E-state index in [-0.39, 0.29) is 11.3 Å². The Kier molecular flexibility index (Phi) is 7.07. The maximum absolute atomic E-state index is 12.0. The molecule has 4 nitrogen and oxygen atoms in total. The molecule has 0 aliphatic rings. The molecule has 2 aromatic carbocycles. The Morgan fingerprint density at radius 2 is 1.76 bits per heavy atom. The highest BCUT2D eigenvalue weighted by atomic mass is 32.2. The fraction of sp³-hybridized carbons (Fsp3) is 0.250. The second kappa shape index (κ2) is 9.72. The summed E-state index contributed by atoms with van der Waals surface area (Å²) in [7, 11) is 5.65. The topological polar surface area (TPSA) is 36.4 Å². The normalized spacial score (nSPS) is 12.0. The van der Waals surface area contributed by atoms with Crippen LogP contribution >= 0.6 is 11.8 Å². The van der Waals surface area contributed by atoms with Gasteiger partial charge in [-0.1, -0.05) is 48.0 Å². The molecule has 0 aliphatic heterocycles. The summed E-state index contributed by atoms with van der Waals surface area (Å²) in [6.07, 6.45) is 1.84. The van der Waals surface area contributed by atoms with Gasteiger partial charge in [-0.25, -0.2) is 0 Å². The Morgan fingerprint density at radius 1 is 1.00 bits per heavy atom. The van der Waals surface area contributed by atoms with Crippen molar-refractivity contribution in [1.82, 2.24) is 14.8 Å². The number of benzene rings is 2. The summed E-state index contributed by atoms with van der Waals surface area (Å²) in [5.74, 6) is 0. The van der Waals surface area contributed by atoms with E-state index in [4.69, 9.17) is 0 Å². The van der Waals surface area contributed by atoms with E-state index in [1.165, 1.54) is 22.9 Å². The SMILES string of the molecule is Cc1ccc([C@H](c2ccccn2)N(C)Cc2cccc(SC(=O)N(C)C)c2)cc1. The minimum absolute atomic E-state index is 0.0292. The third kappa shape index (κ3) is 5.68. The Bertz CT molecular complexity index is 942. The first kappa shape index (κ1) is 21.1. The predicted octanol–water partition coefficient (Wildman–Crippen LogP) is 5.39. The zero-order chi connectivity index (χ0) is 20.8. The van der Waals surface area contributed by atoms with Crippen LogP contribution in [0.1, 0.15) is 28.4 Å². The lowest BCUT2D eigenvalue weighted by molar-refractivity contribution is 0.241. The highest BCUT2D eigenvalue weighted by Crippen LogP contribution is 2.29. The molecule has 1 amide bonds. The zero-order valence-electron chi connectivity index (χ0n) is 17.4. The van der Waals surface area contributed by atoms with Crippen LogP contribution in [0.25, 0.3) is 0 Å². The number of thioether (sulfide) groups is 1. The first-order valence-electron chi connectivity index (χ1n) is 9.60. The van der Waals surface area contributed by atoms with Gasteiger partial charge in [-0.3, -0.25) is 14.7 Å². The first-order valence-corrected chi connectivity index (χ1v) is 10.4. The number of pyridine rings is 1. The van der Waals surface area contributed by atoms with Crippen molar-refractivity contribution in [2.45, 2.75) is 24.4 Å². The van der Waals surface area contributed by atoms with Crippen molar-refractivity contribution in [3.8, 4) is 0 Å². The summed E-state index contributed by atoms with van der Waals surface area (Å²) in [6.45, 7) is 2.85. The maximum atomic E-state index is 12.0. The lowest BCUT2D eigenvalue weighted by atomic mass is 10.00. The third-order valence-electron chi connectivity index (χ3n) is 4.70. The molecule has 29 heavy (non-hydrogen) atoms. The monoisotopic (exact) mass is 405 g/mol. The summed E-state index contributed by atoms with van der Waals surface area (Å²) in [5.41, 5.74) is 4.64. The number of hydrogen-bond acceptors (Lipinski definition) is 4. The summed E-state index contributed by atoms with van der Waals surface area (Å²) in [4.78, 5) is 21.5. The lowest BCUT2D eigenvalue weighted by Gasteiger charge is -2.28.